The van der Waals surface area contributed by atoms with Crippen LogP contribution < -0.4 is 10.1 Å². The van der Waals surface area contributed by atoms with Crippen LogP contribution in [-0.4, -0.2) is 35.3 Å². The highest BCUT2D eigenvalue weighted by molar-refractivity contribution is 9.10. The van der Waals surface area contributed by atoms with Gasteiger partial charge in [0.05, 0.1) is 12.7 Å². The largest absolute Gasteiger partial charge is 0.497 e. The fourth-order valence-corrected chi connectivity index (χ4v) is 2.00. The van der Waals surface area contributed by atoms with Gasteiger partial charge in [-0.25, -0.2) is 0 Å². The molecule has 0 spiro atoms. The Bertz CT molecular complexity index is 465. The summed E-state index contributed by atoms with van der Waals surface area (Å²) in [5.41, 5.74) is 0.503. The van der Waals surface area contributed by atoms with Crippen LogP contribution in [0.1, 0.15) is 17.3 Å². The normalized spacial score (nSPS) is 13.8. The van der Waals surface area contributed by atoms with E-state index >= 15 is 0 Å². The summed E-state index contributed by atoms with van der Waals surface area (Å²) in [6.45, 7) is 2.21. The molecule has 1 aromatic rings. The van der Waals surface area contributed by atoms with Crippen molar-refractivity contribution in [3.8, 4) is 5.75 Å². The number of benzene rings is 1. The highest BCUT2D eigenvalue weighted by Crippen LogP contribution is 2.22. The Morgan fingerprint density at radius 2 is 2.22 bits per heavy atom. The third kappa shape index (κ3) is 4.10. The van der Waals surface area contributed by atoms with E-state index < -0.39 is 10.8 Å². The number of rotatable bonds is 5. The number of ether oxygens (including phenoxy) is 1. The van der Waals surface area contributed by atoms with Gasteiger partial charge in [0, 0.05) is 33.3 Å². The maximum Gasteiger partial charge on any atom is 0.252 e. The first-order chi connectivity index (χ1) is 8.45. The van der Waals surface area contributed by atoms with Crippen LogP contribution >= 0.6 is 15.9 Å². The monoisotopic (exact) mass is 333 g/mol. The Morgan fingerprint density at radius 3 is 2.78 bits per heavy atom. The topological polar surface area (TPSA) is 55.4 Å². The number of amides is 1. The number of nitrogens with one attached hydrogen (secondary N) is 1. The molecule has 0 saturated carbocycles. The lowest BCUT2D eigenvalue weighted by atomic mass is 10.2. The summed E-state index contributed by atoms with van der Waals surface area (Å²) in [5, 5.41) is 2.68. The SMILES string of the molecule is COc1ccc(Br)c(C(=O)NCC(C)S(C)=O)c1. The van der Waals surface area contributed by atoms with Gasteiger partial charge in [0.2, 0.25) is 0 Å². The highest BCUT2D eigenvalue weighted by atomic mass is 79.9. The Kier molecular flexibility index (Phi) is 5.81. The Morgan fingerprint density at radius 1 is 1.56 bits per heavy atom. The van der Waals surface area contributed by atoms with Gasteiger partial charge in [0.15, 0.2) is 0 Å². The van der Waals surface area contributed by atoms with Crippen LogP contribution in [0.3, 0.4) is 0 Å². The van der Waals surface area contributed by atoms with Crippen molar-refractivity contribution in [3.63, 3.8) is 0 Å². The van der Waals surface area contributed by atoms with Gasteiger partial charge >= 0.3 is 0 Å². The molecule has 4 nitrogen and oxygen atoms in total. The van der Waals surface area contributed by atoms with Crippen molar-refractivity contribution < 1.29 is 13.7 Å². The Hall–Kier alpha value is -0.880. The summed E-state index contributed by atoms with van der Waals surface area (Å²) in [6, 6.07) is 5.19. The molecule has 2 atom stereocenters. The Labute approximate surface area is 118 Å². The molecule has 0 bridgehead atoms. The fraction of sp³-hybridized carbons (Fsp3) is 0.417. The highest BCUT2D eigenvalue weighted by Gasteiger charge is 2.13. The van der Waals surface area contributed by atoms with Crippen LogP contribution in [-0.2, 0) is 10.8 Å². The van der Waals surface area contributed by atoms with E-state index in [0.29, 0.717) is 22.3 Å². The van der Waals surface area contributed by atoms with Crippen LogP contribution in [0.2, 0.25) is 0 Å². The Balaban J connectivity index is 2.75. The van der Waals surface area contributed by atoms with Crippen LogP contribution in [0.4, 0.5) is 0 Å². The second-order valence-electron chi connectivity index (χ2n) is 3.87. The first kappa shape index (κ1) is 15.2. The minimum absolute atomic E-state index is 0.0710. The number of halogens is 1. The van der Waals surface area contributed by atoms with Crippen LogP contribution in [0.5, 0.6) is 5.75 Å². The lowest BCUT2D eigenvalue weighted by Gasteiger charge is -2.11. The summed E-state index contributed by atoms with van der Waals surface area (Å²) >= 11 is 3.32. The minimum Gasteiger partial charge on any atom is -0.497 e. The van der Waals surface area contributed by atoms with Gasteiger partial charge in [-0.05, 0) is 41.1 Å². The molecule has 0 aliphatic heterocycles. The van der Waals surface area contributed by atoms with Crippen molar-refractivity contribution in [2.45, 2.75) is 12.2 Å². The average molecular weight is 334 g/mol. The van der Waals surface area contributed by atoms with Crippen LogP contribution in [0.25, 0.3) is 0 Å². The zero-order valence-corrected chi connectivity index (χ0v) is 12.9. The first-order valence-electron chi connectivity index (χ1n) is 5.39. The lowest BCUT2D eigenvalue weighted by Crippen LogP contribution is -2.32. The molecule has 1 aromatic carbocycles. The van der Waals surface area contributed by atoms with E-state index in [-0.39, 0.29) is 11.2 Å². The second-order valence-corrected chi connectivity index (χ2v) is 6.52. The van der Waals surface area contributed by atoms with E-state index in [9.17, 15) is 9.00 Å². The number of carbonyl (C=O) groups is 1. The van der Waals surface area contributed by atoms with Crippen molar-refractivity contribution in [1.82, 2.24) is 5.32 Å². The molecule has 0 radical (unpaired) electrons. The van der Waals surface area contributed by atoms with E-state index in [1.165, 1.54) is 0 Å². The van der Waals surface area contributed by atoms with E-state index in [2.05, 4.69) is 21.2 Å². The second kappa shape index (κ2) is 6.89. The number of carbonyl (C=O) groups excluding carboxylic acids is 1. The van der Waals surface area contributed by atoms with Gasteiger partial charge in [-0.3, -0.25) is 9.00 Å². The third-order valence-corrected chi connectivity index (χ3v) is 4.53. The quantitative estimate of drug-likeness (QED) is 0.896. The molecule has 0 aliphatic carbocycles. The summed E-state index contributed by atoms with van der Waals surface area (Å²) in [5.74, 6) is 0.411. The minimum atomic E-state index is -0.946. The molecule has 18 heavy (non-hydrogen) atoms. The maximum atomic E-state index is 12.0. The molecule has 100 valence electrons. The number of methoxy groups -OCH3 is 1. The smallest absolute Gasteiger partial charge is 0.252 e. The zero-order chi connectivity index (χ0) is 13.7. The van der Waals surface area contributed by atoms with Crippen molar-refractivity contribution in [1.29, 1.82) is 0 Å². The van der Waals surface area contributed by atoms with Crippen molar-refractivity contribution >= 4 is 32.6 Å². The van der Waals surface area contributed by atoms with Crippen LogP contribution in [0.15, 0.2) is 22.7 Å². The first-order valence-corrected chi connectivity index (χ1v) is 7.81. The molecule has 2 unspecified atom stereocenters. The van der Waals surface area contributed by atoms with Crippen molar-refractivity contribution in [2.24, 2.45) is 0 Å². The van der Waals surface area contributed by atoms with E-state index in [1.54, 1.807) is 31.6 Å². The summed E-state index contributed by atoms with van der Waals surface area (Å²) in [4.78, 5) is 12.0. The molecule has 1 amide bonds. The average Bonchev–Trinajstić information content (AvgIpc) is 2.35. The summed E-state index contributed by atoms with van der Waals surface area (Å²) in [7, 11) is 0.603. The van der Waals surface area contributed by atoms with Crippen molar-refractivity contribution in [3.05, 3.63) is 28.2 Å². The predicted octanol–water partition coefficient (Wildman–Crippen LogP) is 1.95. The standard InChI is InChI=1S/C12H16BrNO3S/c1-8(18(3)16)7-14-12(15)10-6-9(17-2)4-5-11(10)13/h4-6,8H,7H2,1-3H3,(H,14,15). The molecule has 1 rings (SSSR count). The van der Waals surface area contributed by atoms with Gasteiger partial charge in [-0.2, -0.15) is 0 Å². The molecular weight excluding hydrogens is 318 g/mol. The maximum absolute atomic E-state index is 12.0. The number of hydrogen-bond acceptors (Lipinski definition) is 3. The summed E-state index contributed by atoms with van der Waals surface area (Å²) in [6.07, 6.45) is 1.62. The lowest BCUT2D eigenvalue weighted by molar-refractivity contribution is 0.0953. The van der Waals surface area contributed by atoms with E-state index in [4.69, 9.17) is 4.74 Å². The molecule has 6 heteroatoms. The molecule has 1 N–H and O–H groups in total. The molecule has 0 heterocycles. The third-order valence-electron chi connectivity index (χ3n) is 2.53. The summed E-state index contributed by atoms with van der Waals surface area (Å²) < 4.78 is 17.0. The molecule has 0 aliphatic rings. The molecular formula is C12H16BrNO3S. The van der Waals surface area contributed by atoms with Gasteiger partial charge in [-0.15, -0.1) is 0 Å². The van der Waals surface area contributed by atoms with Crippen molar-refractivity contribution in [2.75, 3.05) is 19.9 Å². The van der Waals surface area contributed by atoms with E-state index in [1.807, 2.05) is 6.92 Å². The predicted molar refractivity (Wildman–Crippen MR) is 76.6 cm³/mol. The molecule has 0 fully saturated rings. The van der Waals surface area contributed by atoms with Gasteiger partial charge in [-0.1, -0.05) is 0 Å². The van der Waals surface area contributed by atoms with E-state index in [0.717, 1.165) is 0 Å². The van der Waals surface area contributed by atoms with Gasteiger partial charge in [0.1, 0.15) is 5.75 Å². The number of hydrogen-bond donors (Lipinski definition) is 1. The fourth-order valence-electron chi connectivity index (χ4n) is 1.25. The van der Waals surface area contributed by atoms with Gasteiger partial charge in [0.25, 0.3) is 5.91 Å². The zero-order valence-electron chi connectivity index (χ0n) is 10.5. The molecule has 0 aromatic heterocycles. The van der Waals surface area contributed by atoms with Gasteiger partial charge < -0.3 is 10.1 Å². The molecule has 0 saturated heterocycles. The van der Waals surface area contributed by atoms with Crippen LogP contribution in [0, 0.1) is 0 Å².